The van der Waals surface area contributed by atoms with E-state index in [1.807, 2.05) is 36.2 Å². The average Bonchev–Trinajstić information content (AvgIpc) is 2.59. The molecule has 1 heterocycles. The van der Waals surface area contributed by atoms with Crippen LogP contribution in [-0.4, -0.2) is 23.8 Å². The maximum Gasteiger partial charge on any atom is 0.305 e. The molecule has 24 heavy (non-hydrogen) atoms. The SMILES string of the molecule is COC(=O)CCCCCCCCSc1ccnc2cc(Cl)ccc12. The summed E-state index contributed by atoms with van der Waals surface area (Å²) in [5, 5.41) is 1.90. The van der Waals surface area contributed by atoms with E-state index in [1.54, 1.807) is 0 Å². The number of hydrogen-bond donors (Lipinski definition) is 0. The Hall–Kier alpha value is -1.26. The fraction of sp³-hybridized carbons (Fsp3) is 0.474. The van der Waals surface area contributed by atoms with Crippen LogP contribution in [0.1, 0.15) is 44.9 Å². The Morgan fingerprint density at radius 1 is 1.12 bits per heavy atom. The number of aromatic nitrogens is 1. The van der Waals surface area contributed by atoms with Gasteiger partial charge in [0.15, 0.2) is 0 Å². The van der Waals surface area contributed by atoms with E-state index in [9.17, 15) is 4.79 Å². The first kappa shape index (κ1) is 19.1. The standard InChI is InChI=1S/C19H24ClNO2S/c1-23-19(22)8-6-4-2-3-5-7-13-24-18-11-12-21-17-14-15(20)9-10-16(17)18/h9-12,14H,2-8,13H2,1H3. The predicted molar refractivity (Wildman–Crippen MR) is 102 cm³/mol. The third-order valence-electron chi connectivity index (χ3n) is 3.93. The molecule has 0 atom stereocenters. The molecule has 1 aromatic heterocycles. The molecule has 2 rings (SSSR count). The topological polar surface area (TPSA) is 39.2 Å². The van der Waals surface area contributed by atoms with Gasteiger partial charge in [0.05, 0.1) is 12.6 Å². The van der Waals surface area contributed by atoms with Crippen LogP contribution in [0, 0.1) is 0 Å². The van der Waals surface area contributed by atoms with E-state index in [1.165, 1.54) is 43.1 Å². The number of ether oxygens (including phenoxy) is 1. The maximum absolute atomic E-state index is 11.0. The molecule has 0 aliphatic carbocycles. The fourth-order valence-electron chi connectivity index (χ4n) is 2.58. The number of halogens is 1. The number of rotatable bonds is 10. The van der Waals surface area contributed by atoms with Gasteiger partial charge in [-0.3, -0.25) is 9.78 Å². The van der Waals surface area contributed by atoms with E-state index in [0.717, 1.165) is 29.1 Å². The van der Waals surface area contributed by atoms with E-state index in [2.05, 4.69) is 15.8 Å². The van der Waals surface area contributed by atoms with Crippen molar-refractivity contribution in [2.75, 3.05) is 12.9 Å². The Bertz CT molecular complexity index is 663. The fourth-order valence-corrected chi connectivity index (χ4v) is 3.80. The summed E-state index contributed by atoms with van der Waals surface area (Å²) in [6, 6.07) is 7.96. The largest absolute Gasteiger partial charge is 0.469 e. The van der Waals surface area contributed by atoms with Gasteiger partial charge in [-0.2, -0.15) is 0 Å². The number of methoxy groups -OCH3 is 1. The van der Waals surface area contributed by atoms with Crippen LogP contribution in [0.15, 0.2) is 35.4 Å². The third-order valence-corrected chi connectivity index (χ3v) is 5.32. The van der Waals surface area contributed by atoms with Crippen molar-refractivity contribution in [1.29, 1.82) is 0 Å². The van der Waals surface area contributed by atoms with Crippen molar-refractivity contribution in [2.45, 2.75) is 49.8 Å². The Kier molecular flexibility index (Phi) is 8.40. The molecule has 0 saturated heterocycles. The summed E-state index contributed by atoms with van der Waals surface area (Å²) in [7, 11) is 1.45. The Morgan fingerprint density at radius 3 is 2.67 bits per heavy atom. The Labute approximate surface area is 153 Å². The molecule has 0 amide bonds. The first-order chi connectivity index (χ1) is 11.7. The smallest absolute Gasteiger partial charge is 0.305 e. The Balaban J connectivity index is 1.62. The van der Waals surface area contributed by atoms with Crippen LogP contribution in [0.5, 0.6) is 0 Å². The molecule has 130 valence electrons. The molecule has 0 aliphatic heterocycles. The van der Waals surface area contributed by atoms with Crippen molar-refractivity contribution in [3.63, 3.8) is 0 Å². The van der Waals surface area contributed by atoms with Crippen molar-refractivity contribution in [2.24, 2.45) is 0 Å². The lowest BCUT2D eigenvalue weighted by Crippen LogP contribution is -1.99. The molecule has 3 nitrogen and oxygen atoms in total. The zero-order valence-electron chi connectivity index (χ0n) is 14.1. The van der Waals surface area contributed by atoms with Gasteiger partial charge in [-0.05, 0) is 36.8 Å². The van der Waals surface area contributed by atoms with E-state index in [4.69, 9.17) is 11.6 Å². The molecule has 0 unspecified atom stereocenters. The second-order valence-corrected chi connectivity index (χ2v) is 7.34. The number of pyridine rings is 1. The normalized spacial score (nSPS) is 10.9. The molecule has 1 aromatic carbocycles. The highest BCUT2D eigenvalue weighted by molar-refractivity contribution is 7.99. The zero-order chi connectivity index (χ0) is 17.2. The van der Waals surface area contributed by atoms with Gasteiger partial charge in [0.2, 0.25) is 0 Å². The van der Waals surface area contributed by atoms with Gasteiger partial charge in [0.1, 0.15) is 0 Å². The number of thioether (sulfide) groups is 1. The van der Waals surface area contributed by atoms with Crippen molar-refractivity contribution < 1.29 is 9.53 Å². The lowest BCUT2D eigenvalue weighted by Gasteiger charge is -2.06. The van der Waals surface area contributed by atoms with Gasteiger partial charge < -0.3 is 4.74 Å². The summed E-state index contributed by atoms with van der Waals surface area (Å²) < 4.78 is 4.64. The number of nitrogens with zero attached hydrogens (tertiary/aromatic N) is 1. The summed E-state index contributed by atoms with van der Waals surface area (Å²) in [5.74, 6) is 1.02. The summed E-state index contributed by atoms with van der Waals surface area (Å²) >= 11 is 7.91. The molecule has 0 spiro atoms. The number of carbonyl (C=O) groups is 1. The number of carbonyl (C=O) groups excluding carboxylic acids is 1. The minimum Gasteiger partial charge on any atom is -0.469 e. The molecule has 5 heteroatoms. The van der Waals surface area contributed by atoms with Crippen LogP contribution in [0.25, 0.3) is 10.9 Å². The summed E-state index contributed by atoms with van der Waals surface area (Å²) in [4.78, 5) is 16.6. The van der Waals surface area contributed by atoms with Crippen LogP contribution in [-0.2, 0) is 9.53 Å². The highest BCUT2D eigenvalue weighted by Gasteiger charge is 2.03. The molecule has 0 radical (unpaired) electrons. The number of esters is 1. The molecule has 0 N–H and O–H groups in total. The van der Waals surface area contributed by atoms with Gasteiger partial charge in [0.25, 0.3) is 0 Å². The van der Waals surface area contributed by atoms with E-state index in [0.29, 0.717) is 6.42 Å². The molecular weight excluding hydrogens is 342 g/mol. The molecule has 0 fully saturated rings. The zero-order valence-corrected chi connectivity index (χ0v) is 15.7. The van der Waals surface area contributed by atoms with Crippen molar-refractivity contribution in [3.8, 4) is 0 Å². The first-order valence-electron chi connectivity index (χ1n) is 8.44. The van der Waals surface area contributed by atoms with Crippen molar-refractivity contribution >= 4 is 40.2 Å². The second kappa shape index (κ2) is 10.6. The van der Waals surface area contributed by atoms with Gasteiger partial charge in [-0.15, -0.1) is 11.8 Å². The average molecular weight is 366 g/mol. The number of fused-ring (bicyclic) bond motifs is 1. The number of unbranched alkanes of at least 4 members (excludes halogenated alkanes) is 5. The third kappa shape index (κ3) is 6.33. The van der Waals surface area contributed by atoms with Crippen molar-refractivity contribution in [3.05, 3.63) is 35.5 Å². The predicted octanol–water partition coefficient (Wildman–Crippen LogP) is 5.88. The molecule has 0 saturated carbocycles. The van der Waals surface area contributed by atoms with Crippen LogP contribution < -0.4 is 0 Å². The monoisotopic (exact) mass is 365 g/mol. The first-order valence-corrected chi connectivity index (χ1v) is 9.81. The van der Waals surface area contributed by atoms with E-state index in [-0.39, 0.29) is 5.97 Å². The number of hydrogen-bond acceptors (Lipinski definition) is 4. The maximum atomic E-state index is 11.0. The van der Waals surface area contributed by atoms with Crippen LogP contribution in [0.2, 0.25) is 5.02 Å². The summed E-state index contributed by atoms with van der Waals surface area (Å²) in [5.41, 5.74) is 0.957. The van der Waals surface area contributed by atoms with Gasteiger partial charge >= 0.3 is 5.97 Å². The van der Waals surface area contributed by atoms with Crippen LogP contribution >= 0.6 is 23.4 Å². The molecular formula is C19H24ClNO2S. The Morgan fingerprint density at radius 2 is 1.88 bits per heavy atom. The van der Waals surface area contributed by atoms with Crippen molar-refractivity contribution in [1.82, 2.24) is 4.98 Å². The summed E-state index contributed by atoms with van der Waals surface area (Å²) in [6.45, 7) is 0. The number of benzene rings is 1. The highest BCUT2D eigenvalue weighted by atomic mass is 35.5. The summed E-state index contributed by atoms with van der Waals surface area (Å²) in [6.07, 6.45) is 9.31. The van der Waals surface area contributed by atoms with Gasteiger partial charge in [0, 0.05) is 27.9 Å². The molecule has 0 aliphatic rings. The minimum atomic E-state index is -0.0998. The minimum absolute atomic E-state index is 0.0998. The molecule has 2 aromatic rings. The lowest BCUT2D eigenvalue weighted by molar-refractivity contribution is -0.140. The van der Waals surface area contributed by atoms with E-state index >= 15 is 0 Å². The van der Waals surface area contributed by atoms with E-state index < -0.39 is 0 Å². The lowest BCUT2D eigenvalue weighted by atomic mass is 10.1. The van der Waals surface area contributed by atoms with Crippen LogP contribution in [0.3, 0.4) is 0 Å². The van der Waals surface area contributed by atoms with Gasteiger partial charge in [-0.25, -0.2) is 0 Å². The highest BCUT2D eigenvalue weighted by Crippen LogP contribution is 2.29. The molecule has 0 bridgehead atoms. The quantitative estimate of drug-likeness (QED) is 0.299. The second-order valence-electron chi connectivity index (χ2n) is 5.77. The van der Waals surface area contributed by atoms with Crippen LogP contribution in [0.4, 0.5) is 0 Å². The van der Waals surface area contributed by atoms with Gasteiger partial charge in [-0.1, -0.05) is 43.4 Å².